The van der Waals surface area contributed by atoms with Gasteiger partial charge in [-0.05, 0) is 17.5 Å². The van der Waals surface area contributed by atoms with Crippen molar-refractivity contribution in [2.75, 3.05) is 0 Å². The molecular weight excluding hydrogens is 274 g/mol. The summed E-state index contributed by atoms with van der Waals surface area (Å²) in [5.41, 5.74) is -0.645. The lowest BCUT2D eigenvalue weighted by Gasteiger charge is -2.25. The Bertz CT molecular complexity index is 595. The molecule has 0 aromatic heterocycles. The summed E-state index contributed by atoms with van der Waals surface area (Å²) in [5, 5.41) is 8.96. The SMILES string of the molecule is CC(C)(C)C(C#N)NS(=O)(=O)c1cc(F)cc(F)c1. The molecule has 0 radical (unpaired) electrons. The summed E-state index contributed by atoms with van der Waals surface area (Å²) in [6.07, 6.45) is 0. The number of sulfonamides is 1. The molecule has 19 heavy (non-hydrogen) atoms. The van der Waals surface area contributed by atoms with Gasteiger partial charge in [0, 0.05) is 6.07 Å². The van der Waals surface area contributed by atoms with Gasteiger partial charge in [-0.2, -0.15) is 9.98 Å². The van der Waals surface area contributed by atoms with E-state index in [1.54, 1.807) is 20.8 Å². The number of hydrogen-bond donors (Lipinski definition) is 1. The number of hydrogen-bond acceptors (Lipinski definition) is 3. The average Bonchev–Trinajstić information content (AvgIpc) is 2.23. The molecule has 104 valence electrons. The van der Waals surface area contributed by atoms with E-state index in [4.69, 9.17) is 5.26 Å². The molecule has 1 aromatic carbocycles. The van der Waals surface area contributed by atoms with Crippen molar-refractivity contribution in [2.45, 2.75) is 31.7 Å². The standard InChI is InChI=1S/C12H14F2N2O2S/c1-12(2,3)11(7-15)16-19(17,18)10-5-8(13)4-9(14)6-10/h4-6,11,16H,1-3H3. The first-order valence-corrected chi connectivity index (χ1v) is 6.92. The fourth-order valence-corrected chi connectivity index (χ4v) is 2.69. The van der Waals surface area contributed by atoms with E-state index >= 15 is 0 Å². The summed E-state index contributed by atoms with van der Waals surface area (Å²) in [6.45, 7) is 5.03. The van der Waals surface area contributed by atoms with Gasteiger partial charge in [-0.15, -0.1) is 0 Å². The largest absolute Gasteiger partial charge is 0.241 e. The summed E-state index contributed by atoms with van der Waals surface area (Å²) in [4.78, 5) is -0.547. The third kappa shape index (κ3) is 3.98. The fourth-order valence-electron chi connectivity index (χ4n) is 1.30. The minimum absolute atomic E-state index is 0.547. The van der Waals surface area contributed by atoms with Crippen LogP contribution in [-0.4, -0.2) is 14.5 Å². The number of benzene rings is 1. The smallest absolute Gasteiger partial charge is 0.207 e. The Kier molecular flexibility index (Phi) is 4.28. The van der Waals surface area contributed by atoms with Crippen molar-refractivity contribution >= 4 is 10.0 Å². The van der Waals surface area contributed by atoms with Gasteiger partial charge in [-0.3, -0.25) is 0 Å². The second kappa shape index (κ2) is 5.23. The number of nitrogens with one attached hydrogen (secondary N) is 1. The molecule has 1 aromatic rings. The van der Waals surface area contributed by atoms with Crippen LogP contribution >= 0.6 is 0 Å². The third-order valence-corrected chi connectivity index (χ3v) is 3.82. The first-order valence-electron chi connectivity index (χ1n) is 5.44. The Morgan fingerprint density at radius 1 is 1.21 bits per heavy atom. The van der Waals surface area contributed by atoms with Gasteiger partial charge in [0.05, 0.1) is 11.0 Å². The van der Waals surface area contributed by atoms with Gasteiger partial charge in [0.25, 0.3) is 0 Å². The van der Waals surface area contributed by atoms with Crippen LogP contribution in [0.4, 0.5) is 8.78 Å². The van der Waals surface area contributed by atoms with E-state index in [1.165, 1.54) is 0 Å². The topological polar surface area (TPSA) is 70.0 Å². The van der Waals surface area contributed by atoms with Crippen LogP contribution in [-0.2, 0) is 10.0 Å². The lowest BCUT2D eigenvalue weighted by molar-refractivity contribution is 0.350. The van der Waals surface area contributed by atoms with Gasteiger partial charge in [-0.25, -0.2) is 17.2 Å². The first-order chi connectivity index (χ1) is 8.56. The van der Waals surface area contributed by atoms with Crippen molar-refractivity contribution in [2.24, 2.45) is 5.41 Å². The molecular formula is C12H14F2N2O2S. The zero-order chi connectivity index (χ0) is 14.8. The van der Waals surface area contributed by atoms with Crippen LogP contribution in [0.15, 0.2) is 23.1 Å². The molecule has 0 spiro atoms. The van der Waals surface area contributed by atoms with Gasteiger partial charge in [0.15, 0.2) is 0 Å². The summed E-state index contributed by atoms with van der Waals surface area (Å²) < 4.78 is 52.1. The predicted octanol–water partition coefficient (Wildman–Crippen LogP) is 2.18. The normalized spacial score (nSPS) is 13.9. The highest BCUT2D eigenvalue weighted by Crippen LogP contribution is 2.21. The van der Waals surface area contributed by atoms with E-state index in [-0.39, 0.29) is 0 Å². The molecule has 0 amide bonds. The van der Waals surface area contributed by atoms with Crippen LogP contribution in [0.25, 0.3) is 0 Å². The molecule has 0 heterocycles. The van der Waals surface area contributed by atoms with E-state index in [0.29, 0.717) is 18.2 Å². The highest BCUT2D eigenvalue weighted by atomic mass is 32.2. The minimum Gasteiger partial charge on any atom is -0.207 e. The Balaban J connectivity index is 3.15. The maximum atomic E-state index is 13.0. The molecule has 0 aliphatic carbocycles. The van der Waals surface area contributed by atoms with Crippen LogP contribution in [0.1, 0.15) is 20.8 Å². The predicted molar refractivity (Wildman–Crippen MR) is 65.5 cm³/mol. The van der Waals surface area contributed by atoms with Crippen LogP contribution in [0, 0.1) is 28.4 Å². The van der Waals surface area contributed by atoms with E-state index in [0.717, 1.165) is 0 Å². The molecule has 0 saturated heterocycles. The number of nitriles is 1. The summed E-state index contributed by atoms with van der Waals surface area (Å²) in [5.74, 6) is -1.99. The van der Waals surface area contributed by atoms with Gasteiger partial charge >= 0.3 is 0 Å². The second-order valence-electron chi connectivity index (χ2n) is 5.15. The van der Waals surface area contributed by atoms with Crippen LogP contribution in [0.2, 0.25) is 0 Å². The van der Waals surface area contributed by atoms with Crippen molar-refractivity contribution < 1.29 is 17.2 Å². The van der Waals surface area contributed by atoms with E-state index in [2.05, 4.69) is 4.72 Å². The van der Waals surface area contributed by atoms with Gasteiger partial charge in [-0.1, -0.05) is 20.8 Å². The fraction of sp³-hybridized carbons (Fsp3) is 0.417. The molecule has 0 bridgehead atoms. The third-order valence-electron chi connectivity index (χ3n) is 2.41. The zero-order valence-corrected chi connectivity index (χ0v) is 11.6. The van der Waals surface area contributed by atoms with Crippen molar-refractivity contribution in [1.29, 1.82) is 5.26 Å². The van der Waals surface area contributed by atoms with E-state index < -0.39 is 38.0 Å². The first kappa shape index (κ1) is 15.5. The van der Waals surface area contributed by atoms with E-state index in [1.807, 2.05) is 6.07 Å². The molecule has 0 saturated carbocycles. The Morgan fingerprint density at radius 2 is 1.68 bits per heavy atom. The van der Waals surface area contributed by atoms with Crippen molar-refractivity contribution in [3.8, 4) is 6.07 Å². The lowest BCUT2D eigenvalue weighted by atomic mass is 9.88. The Labute approximate surface area is 111 Å². The molecule has 4 nitrogen and oxygen atoms in total. The van der Waals surface area contributed by atoms with Crippen LogP contribution < -0.4 is 4.72 Å². The average molecular weight is 288 g/mol. The second-order valence-corrected chi connectivity index (χ2v) is 6.87. The van der Waals surface area contributed by atoms with Crippen LogP contribution in [0.3, 0.4) is 0 Å². The Hall–Kier alpha value is -1.52. The number of rotatable bonds is 3. The summed E-state index contributed by atoms with van der Waals surface area (Å²) in [7, 11) is -4.15. The summed E-state index contributed by atoms with van der Waals surface area (Å²) in [6, 6.07) is 2.78. The highest BCUT2D eigenvalue weighted by molar-refractivity contribution is 7.89. The van der Waals surface area contributed by atoms with Crippen molar-refractivity contribution in [3.05, 3.63) is 29.8 Å². The van der Waals surface area contributed by atoms with Gasteiger partial charge < -0.3 is 0 Å². The molecule has 0 aliphatic heterocycles. The molecule has 7 heteroatoms. The molecule has 1 N–H and O–H groups in total. The molecule has 1 atom stereocenters. The molecule has 0 fully saturated rings. The van der Waals surface area contributed by atoms with Gasteiger partial charge in [0.2, 0.25) is 10.0 Å². The molecule has 1 rings (SSSR count). The zero-order valence-electron chi connectivity index (χ0n) is 10.7. The minimum atomic E-state index is -4.15. The van der Waals surface area contributed by atoms with Crippen molar-refractivity contribution in [1.82, 2.24) is 4.72 Å². The maximum absolute atomic E-state index is 13.0. The van der Waals surface area contributed by atoms with Crippen molar-refractivity contribution in [3.63, 3.8) is 0 Å². The maximum Gasteiger partial charge on any atom is 0.241 e. The lowest BCUT2D eigenvalue weighted by Crippen LogP contribution is -2.42. The highest BCUT2D eigenvalue weighted by Gasteiger charge is 2.30. The number of nitrogens with zero attached hydrogens (tertiary/aromatic N) is 1. The van der Waals surface area contributed by atoms with Gasteiger partial charge in [0.1, 0.15) is 17.7 Å². The Morgan fingerprint density at radius 3 is 2.05 bits per heavy atom. The quantitative estimate of drug-likeness (QED) is 0.926. The molecule has 1 unspecified atom stereocenters. The van der Waals surface area contributed by atoms with E-state index in [9.17, 15) is 17.2 Å². The summed E-state index contributed by atoms with van der Waals surface area (Å²) >= 11 is 0. The van der Waals surface area contributed by atoms with Crippen LogP contribution in [0.5, 0.6) is 0 Å². The molecule has 0 aliphatic rings. The number of halogens is 2. The monoisotopic (exact) mass is 288 g/mol.